The van der Waals surface area contributed by atoms with Gasteiger partial charge in [0.25, 0.3) is 11.8 Å². The summed E-state index contributed by atoms with van der Waals surface area (Å²) >= 11 is 0. The fourth-order valence-corrected chi connectivity index (χ4v) is 5.02. The van der Waals surface area contributed by atoms with E-state index < -0.39 is 0 Å². The highest BCUT2D eigenvalue weighted by molar-refractivity contribution is 14.0. The summed E-state index contributed by atoms with van der Waals surface area (Å²) in [6, 6.07) is 7.07. The van der Waals surface area contributed by atoms with Crippen molar-refractivity contribution >= 4 is 41.8 Å². The van der Waals surface area contributed by atoms with Crippen LogP contribution in [0.1, 0.15) is 65.7 Å². The van der Waals surface area contributed by atoms with Crippen molar-refractivity contribution in [2.75, 3.05) is 33.2 Å². The molecule has 158 valence electrons. The number of aliphatic imine (C=N–C) groups is 1. The van der Waals surface area contributed by atoms with Crippen molar-refractivity contribution in [1.29, 1.82) is 0 Å². The number of nitrogens with one attached hydrogen (secondary N) is 1. The third-order valence-electron chi connectivity index (χ3n) is 6.58. The second kappa shape index (κ2) is 9.45. The predicted molar refractivity (Wildman–Crippen MR) is 125 cm³/mol. The molecule has 4 rings (SSSR count). The summed E-state index contributed by atoms with van der Waals surface area (Å²) in [7, 11) is 1.85. The van der Waals surface area contributed by atoms with E-state index in [-0.39, 0.29) is 35.8 Å². The largest absolute Gasteiger partial charge is 0.356 e. The molecule has 6 nitrogen and oxygen atoms in total. The standard InChI is InChI=1S/C22H30N4O2.HI/c1-23-21(25-15-12-22(16-25)10-4-5-11-22)24-13-6-7-14-26-19(27)17-8-2-3-9-18(17)20(26)28;/h2-3,8-9H,4-7,10-16H2,1H3,(H,23,24);1H. The first-order valence-electron chi connectivity index (χ1n) is 10.5. The number of carbonyl (C=O) groups excluding carboxylic acids is 2. The van der Waals surface area contributed by atoms with Crippen molar-refractivity contribution in [3.05, 3.63) is 35.4 Å². The molecule has 1 saturated heterocycles. The van der Waals surface area contributed by atoms with Gasteiger partial charge in [-0.2, -0.15) is 0 Å². The van der Waals surface area contributed by atoms with Gasteiger partial charge in [0.05, 0.1) is 11.1 Å². The Kier molecular flexibility index (Phi) is 7.19. The summed E-state index contributed by atoms with van der Waals surface area (Å²) in [6.07, 6.45) is 8.44. The minimum Gasteiger partial charge on any atom is -0.356 e. The number of nitrogens with zero attached hydrogens (tertiary/aromatic N) is 3. The van der Waals surface area contributed by atoms with E-state index in [4.69, 9.17) is 0 Å². The van der Waals surface area contributed by atoms with Crippen molar-refractivity contribution in [2.45, 2.75) is 44.9 Å². The van der Waals surface area contributed by atoms with E-state index in [0.717, 1.165) is 38.4 Å². The molecule has 7 heteroatoms. The second-order valence-electron chi connectivity index (χ2n) is 8.37. The Hall–Kier alpha value is -1.64. The molecule has 3 aliphatic rings. The van der Waals surface area contributed by atoms with Gasteiger partial charge in [-0.3, -0.25) is 19.5 Å². The van der Waals surface area contributed by atoms with Crippen LogP contribution in [0.3, 0.4) is 0 Å². The third kappa shape index (κ3) is 4.44. The van der Waals surface area contributed by atoms with Crippen molar-refractivity contribution in [3.63, 3.8) is 0 Å². The molecule has 1 saturated carbocycles. The van der Waals surface area contributed by atoms with Crippen LogP contribution in [0.15, 0.2) is 29.3 Å². The molecule has 0 atom stereocenters. The number of fused-ring (bicyclic) bond motifs is 1. The minimum atomic E-state index is -0.164. The second-order valence-corrected chi connectivity index (χ2v) is 8.37. The van der Waals surface area contributed by atoms with E-state index in [0.29, 0.717) is 23.1 Å². The van der Waals surface area contributed by atoms with Crippen molar-refractivity contribution in [1.82, 2.24) is 15.1 Å². The molecule has 1 spiro atoms. The van der Waals surface area contributed by atoms with E-state index in [1.807, 2.05) is 7.05 Å². The summed E-state index contributed by atoms with van der Waals surface area (Å²) in [5.74, 6) is 0.663. The molecule has 0 aromatic heterocycles. The number of rotatable bonds is 5. The Morgan fingerprint density at radius 3 is 2.34 bits per heavy atom. The van der Waals surface area contributed by atoms with Gasteiger partial charge in [0.1, 0.15) is 0 Å². The van der Waals surface area contributed by atoms with Crippen molar-refractivity contribution in [2.24, 2.45) is 10.4 Å². The molecule has 1 aromatic rings. The number of likely N-dealkylation sites (tertiary alicyclic amines) is 1. The highest BCUT2D eigenvalue weighted by Gasteiger charge is 2.41. The number of carbonyl (C=O) groups is 2. The summed E-state index contributed by atoms with van der Waals surface area (Å²) < 4.78 is 0. The first-order chi connectivity index (χ1) is 13.6. The summed E-state index contributed by atoms with van der Waals surface area (Å²) in [6.45, 7) is 3.50. The van der Waals surface area contributed by atoms with Gasteiger partial charge >= 0.3 is 0 Å². The Bertz CT molecular complexity index is 754. The van der Waals surface area contributed by atoms with Crippen LogP contribution in [0.25, 0.3) is 0 Å². The minimum absolute atomic E-state index is 0. The van der Waals surface area contributed by atoms with Crippen molar-refractivity contribution < 1.29 is 9.59 Å². The first kappa shape index (κ1) is 22.1. The average Bonchev–Trinajstić information content (AvgIpc) is 3.41. The van der Waals surface area contributed by atoms with E-state index in [9.17, 15) is 9.59 Å². The average molecular weight is 510 g/mol. The zero-order valence-corrected chi connectivity index (χ0v) is 19.5. The Balaban J connectivity index is 0.00000240. The molecule has 0 radical (unpaired) electrons. The monoisotopic (exact) mass is 510 g/mol. The Labute approximate surface area is 190 Å². The van der Waals surface area contributed by atoms with Crippen molar-refractivity contribution in [3.8, 4) is 0 Å². The number of hydrogen-bond acceptors (Lipinski definition) is 3. The lowest BCUT2D eigenvalue weighted by molar-refractivity contribution is 0.0652. The van der Waals surface area contributed by atoms with Gasteiger partial charge in [0, 0.05) is 33.2 Å². The van der Waals surface area contributed by atoms with E-state index in [1.165, 1.54) is 37.0 Å². The van der Waals surface area contributed by atoms with Gasteiger partial charge in [-0.15, -0.1) is 24.0 Å². The van der Waals surface area contributed by atoms with Crippen LogP contribution in [0, 0.1) is 5.41 Å². The number of halogens is 1. The van der Waals surface area contributed by atoms with Crippen LogP contribution in [-0.4, -0.2) is 60.8 Å². The number of guanidine groups is 1. The SMILES string of the molecule is CN=C(NCCCCN1C(=O)c2ccccc2C1=O)N1CCC2(CCCC2)C1.I. The summed E-state index contributed by atoms with van der Waals surface area (Å²) in [4.78, 5) is 33.0. The zero-order chi connectivity index (χ0) is 19.6. The topological polar surface area (TPSA) is 65.0 Å². The van der Waals surface area contributed by atoms with Crippen LogP contribution < -0.4 is 5.32 Å². The molecule has 0 bridgehead atoms. The highest BCUT2D eigenvalue weighted by atomic mass is 127. The molecule has 29 heavy (non-hydrogen) atoms. The number of unbranched alkanes of at least 4 members (excludes halogenated alkanes) is 1. The quantitative estimate of drug-likeness (QED) is 0.217. The van der Waals surface area contributed by atoms with Crippen LogP contribution in [0.2, 0.25) is 0 Å². The molecule has 2 heterocycles. The molecular formula is C22H31IN4O2. The predicted octanol–water partition coefficient (Wildman–Crippen LogP) is 3.52. The number of benzene rings is 1. The Morgan fingerprint density at radius 1 is 1.07 bits per heavy atom. The fourth-order valence-electron chi connectivity index (χ4n) is 5.02. The molecule has 2 fully saturated rings. The maximum atomic E-state index is 12.4. The van der Waals surface area contributed by atoms with E-state index in [1.54, 1.807) is 24.3 Å². The Morgan fingerprint density at radius 2 is 1.72 bits per heavy atom. The van der Waals surface area contributed by atoms with Gasteiger partial charge in [0.15, 0.2) is 5.96 Å². The molecule has 1 aromatic carbocycles. The first-order valence-corrected chi connectivity index (χ1v) is 10.5. The van der Waals surface area contributed by atoms with Crippen LogP contribution in [0.5, 0.6) is 0 Å². The third-order valence-corrected chi connectivity index (χ3v) is 6.58. The molecule has 0 unspecified atom stereocenters. The van der Waals surface area contributed by atoms with E-state index >= 15 is 0 Å². The van der Waals surface area contributed by atoms with Gasteiger partial charge in [0.2, 0.25) is 0 Å². The number of amides is 2. The van der Waals surface area contributed by atoms with Gasteiger partial charge in [-0.05, 0) is 49.7 Å². The van der Waals surface area contributed by atoms with Crippen LogP contribution in [0.4, 0.5) is 0 Å². The lowest BCUT2D eigenvalue weighted by Gasteiger charge is -2.26. The van der Waals surface area contributed by atoms with Crippen LogP contribution >= 0.6 is 24.0 Å². The highest BCUT2D eigenvalue weighted by Crippen LogP contribution is 2.45. The summed E-state index contributed by atoms with van der Waals surface area (Å²) in [5, 5.41) is 3.47. The fraction of sp³-hybridized carbons (Fsp3) is 0.591. The molecule has 1 aliphatic carbocycles. The van der Waals surface area contributed by atoms with E-state index in [2.05, 4.69) is 15.2 Å². The summed E-state index contributed by atoms with van der Waals surface area (Å²) in [5.41, 5.74) is 1.59. The molecule has 1 N–H and O–H groups in total. The smallest absolute Gasteiger partial charge is 0.261 e. The number of hydrogen-bond donors (Lipinski definition) is 1. The normalized spacial score (nSPS) is 20.4. The zero-order valence-electron chi connectivity index (χ0n) is 17.2. The lowest BCUT2D eigenvalue weighted by Crippen LogP contribution is -2.41. The molecular weight excluding hydrogens is 479 g/mol. The molecule has 2 amide bonds. The lowest BCUT2D eigenvalue weighted by atomic mass is 9.86. The maximum absolute atomic E-state index is 12.4. The van der Waals surface area contributed by atoms with Crippen LogP contribution in [-0.2, 0) is 0 Å². The van der Waals surface area contributed by atoms with Gasteiger partial charge < -0.3 is 10.2 Å². The molecule has 2 aliphatic heterocycles. The van der Waals surface area contributed by atoms with Gasteiger partial charge in [-0.25, -0.2) is 0 Å². The van der Waals surface area contributed by atoms with Gasteiger partial charge in [-0.1, -0.05) is 25.0 Å². The number of imide groups is 1. The maximum Gasteiger partial charge on any atom is 0.261 e.